The van der Waals surface area contributed by atoms with Crippen molar-refractivity contribution in [3.63, 3.8) is 0 Å². The Morgan fingerprint density at radius 1 is 1.10 bits per heavy atom. The SMILES string of the molecule is Cc1cc(C)nc(N(C)Cc2cccc(OC(C)C)c2)n1. The van der Waals surface area contributed by atoms with Crippen LogP contribution in [0.1, 0.15) is 30.8 Å². The van der Waals surface area contributed by atoms with E-state index in [4.69, 9.17) is 4.74 Å². The van der Waals surface area contributed by atoms with Gasteiger partial charge in [-0.2, -0.15) is 0 Å². The summed E-state index contributed by atoms with van der Waals surface area (Å²) in [4.78, 5) is 11.0. The lowest BCUT2D eigenvalue weighted by Gasteiger charge is -2.18. The standard InChI is InChI=1S/C17H23N3O/c1-12(2)21-16-8-6-7-15(10-16)11-20(5)17-18-13(3)9-14(4)19-17/h6-10,12H,11H2,1-5H3. The van der Waals surface area contributed by atoms with Crippen LogP contribution in [-0.4, -0.2) is 23.1 Å². The van der Waals surface area contributed by atoms with Crippen molar-refractivity contribution < 1.29 is 4.74 Å². The van der Waals surface area contributed by atoms with E-state index in [1.807, 2.05) is 52.9 Å². The van der Waals surface area contributed by atoms with Crippen LogP contribution in [0.2, 0.25) is 0 Å². The van der Waals surface area contributed by atoms with E-state index in [2.05, 4.69) is 27.0 Å². The fourth-order valence-corrected chi connectivity index (χ4v) is 2.21. The highest BCUT2D eigenvalue weighted by Gasteiger charge is 2.08. The molecule has 0 radical (unpaired) electrons. The molecule has 0 bridgehead atoms. The Kier molecular flexibility index (Phi) is 4.78. The van der Waals surface area contributed by atoms with E-state index >= 15 is 0 Å². The average molecular weight is 285 g/mol. The minimum Gasteiger partial charge on any atom is -0.491 e. The van der Waals surface area contributed by atoms with E-state index in [-0.39, 0.29) is 6.10 Å². The molecular formula is C17H23N3O. The molecule has 2 aromatic rings. The van der Waals surface area contributed by atoms with Crippen LogP contribution in [0.25, 0.3) is 0 Å². The molecule has 0 atom stereocenters. The van der Waals surface area contributed by atoms with Crippen LogP contribution in [0.3, 0.4) is 0 Å². The quantitative estimate of drug-likeness (QED) is 0.842. The van der Waals surface area contributed by atoms with Crippen LogP contribution < -0.4 is 9.64 Å². The van der Waals surface area contributed by atoms with E-state index in [1.54, 1.807) is 0 Å². The minimum atomic E-state index is 0.181. The average Bonchev–Trinajstić information content (AvgIpc) is 2.37. The number of aromatic nitrogens is 2. The molecule has 1 heterocycles. The molecule has 1 aromatic carbocycles. The summed E-state index contributed by atoms with van der Waals surface area (Å²) in [7, 11) is 2.00. The van der Waals surface area contributed by atoms with Gasteiger partial charge in [0.15, 0.2) is 0 Å². The highest BCUT2D eigenvalue weighted by atomic mass is 16.5. The van der Waals surface area contributed by atoms with Crippen molar-refractivity contribution in [2.45, 2.75) is 40.3 Å². The lowest BCUT2D eigenvalue weighted by molar-refractivity contribution is 0.242. The molecule has 0 spiro atoms. The number of rotatable bonds is 5. The van der Waals surface area contributed by atoms with Gasteiger partial charge in [0.1, 0.15) is 5.75 Å². The maximum atomic E-state index is 5.73. The molecule has 0 fully saturated rings. The summed E-state index contributed by atoms with van der Waals surface area (Å²) < 4.78 is 5.73. The van der Waals surface area contributed by atoms with Crippen molar-refractivity contribution in [3.8, 4) is 5.75 Å². The topological polar surface area (TPSA) is 38.2 Å². The molecule has 1 aromatic heterocycles. The first-order valence-corrected chi connectivity index (χ1v) is 7.23. The minimum absolute atomic E-state index is 0.181. The molecule has 0 aliphatic heterocycles. The smallest absolute Gasteiger partial charge is 0.225 e. The monoisotopic (exact) mass is 285 g/mol. The lowest BCUT2D eigenvalue weighted by Crippen LogP contribution is -2.20. The maximum Gasteiger partial charge on any atom is 0.225 e. The third-order valence-electron chi connectivity index (χ3n) is 3.00. The molecule has 0 aliphatic carbocycles. The summed E-state index contributed by atoms with van der Waals surface area (Å²) in [5.74, 6) is 1.65. The second-order valence-corrected chi connectivity index (χ2v) is 5.62. The van der Waals surface area contributed by atoms with Gasteiger partial charge in [-0.1, -0.05) is 12.1 Å². The fraction of sp³-hybridized carbons (Fsp3) is 0.412. The molecule has 112 valence electrons. The summed E-state index contributed by atoms with van der Waals surface area (Å²) in [6.45, 7) is 8.79. The number of hydrogen-bond donors (Lipinski definition) is 0. The third-order valence-corrected chi connectivity index (χ3v) is 3.00. The van der Waals surface area contributed by atoms with Crippen LogP contribution >= 0.6 is 0 Å². The van der Waals surface area contributed by atoms with Gasteiger partial charge in [0.25, 0.3) is 0 Å². The Morgan fingerprint density at radius 2 is 1.76 bits per heavy atom. The van der Waals surface area contributed by atoms with Crippen LogP contribution in [0, 0.1) is 13.8 Å². The van der Waals surface area contributed by atoms with Crippen molar-refractivity contribution in [2.24, 2.45) is 0 Å². The highest BCUT2D eigenvalue weighted by molar-refractivity contribution is 5.35. The van der Waals surface area contributed by atoms with Gasteiger partial charge in [-0.15, -0.1) is 0 Å². The van der Waals surface area contributed by atoms with Gasteiger partial charge in [0.05, 0.1) is 6.10 Å². The third kappa shape index (κ3) is 4.45. The number of aryl methyl sites for hydroxylation is 2. The molecule has 0 aliphatic rings. The first-order valence-electron chi connectivity index (χ1n) is 7.23. The normalized spacial score (nSPS) is 10.8. The van der Waals surface area contributed by atoms with Gasteiger partial charge >= 0.3 is 0 Å². The molecule has 0 unspecified atom stereocenters. The zero-order valence-corrected chi connectivity index (χ0v) is 13.4. The van der Waals surface area contributed by atoms with Crippen LogP contribution in [0.15, 0.2) is 30.3 Å². The highest BCUT2D eigenvalue weighted by Crippen LogP contribution is 2.18. The zero-order valence-electron chi connectivity index (χ0n) is 13.4. The van der Waals surface area contributed by atoms with Crippen molar-refractivity contribution >= 4 is 5.95 Å². The van der Waals surface area contributed by atoms with E-state index in [0.29, 0.717) is 0 Å². The van der Waals surface area contributed by atoms with Crippen LogP contribution in [0.4, 0.5) is 5.95 Å². The zero-order chi connectivity index (χ0) is 15.4. The number of hydrogen-bond acceptors (Lipinski definition) is 4. The lowest BCUT2D eigenvalue weighted by atomic mass is 10.2. The van der Waals surface area contributed by atoms with Crippen molar-refractivity contribution in [1.82, 2.24) is 9.97 Å². The Hall–Kier alpha value is -2.10. The molecule has 4 heteroatoms. The number of nitrogens with zero attached hydrogens (tertiary/aromatic N) is 3. The molecule has 2 rings (SSSR count). The van der Waals surface area contributed by atoms with Crippen LogP contribution in [-0.2, 0) is 6.54 Å². The molecule has 0 saturated heterocycles. The number of ether oxygens (including phenoxy) is 1. The summed E-state index contributed by atoms with van der Waals surface area (Å²) in [6, 6.07) is 10.1. The predicted molar refractivity (Wildman–Crippen MR) is 85.8 cm³/mol. The second kappa shape index (κ2) is 6.57. The number of benzene rings is 1. The largest absolute Gasteiger partial charge is 0.491 e. The Labute approximate surface area is 126 Å². The molecule has 21 heavy (non-hydrogen) atoms. The van der Waals surface area contributed by atoms with Crippen LogP contribution in [0.5, 0.6) is 5.75 Å². The van der Waals surface area contributed by atoms with Gasteiger partial charge in [0.2, 0.25) is 5.95 Å². The summed E-state index contributed by atoms with van der Waals surface area (Å²) >= 11 is 0. The molecular weight excluding hydrogens is 262 g/mol. The Bertz CT molecular complexity index is 590. The van der Waals surface area contributed by atoms with E-state index < -0.39 is 0 Å². The molecule has 4 nitrogen and oxygen atoms in total. The van der Waals surface area contributed by atoms with Gasteiger partial charge in [-0.05, 0) is 51.5 Å². The van der Waals surface area contributed by atoms with Crippen molar-refractivity contribution in [2.75, 3.05) is 11.9 Å². The van der Waals surface area contributed by atoms with Crippen molar-refractivity contribution in [1.29, 1.82) is 0 Å². The number of anilines is 1. The van der Waals surface area contributed by atoms with Gasteiger partial charge in [-0.3, -0.25) is 0 Å². The Morgan fingerprint density at radius 3 is 2.38 bits per heavy atom. The van der Waals surface area contributed by atoms with E-state index in [9.17, 15) is 0 Å². The van der Waals surface area contributed by atoms with Gasteiger partial charge < -0.3 is 9.64 Å². The molecule has 0 N–H and O–H groups in total. The first kappa shape index (κ1) is 15.3. The maximum absolute atomic E-state index is 5.73. The fourth-order valence-electron chi connectivity index (χ4n) is 2.21. The molecule has 0 amide bonds. The van der Waals surface area contributed by atoms with Crippen molar-refractivity contribution in [3.05, 3.63) is 47.3 Å². The second-order valence-electron chi connectivity index (χ2n) is 5.62. The summed E-state index contributed by atoms with van der Waals surface area (Å²) in [5, 5.41) is 0. The van der Waals surface area contributed by atoms with Gasteiger partial charge in [-0.25, -0.2) is 9.97 Å². The summed E-state index contributed by atoms with van der Waals surface area (Å²) in [6.07, 6.45) is 0.181. The predicted octanol–water partition coefficient (Wildman–Crippen LogP) is 3.52. The van der Waals surface area contributed by atoms with Gasteiger partial charge in [0, 0.05) is 25.0 Å². The molecule has 0 saturated carbocycles. The first-order chi connectivity index (χ1) is 9.94. The Balaban J connectivity index is 2.13. The summed E-state index contributed by atoms with van der Waals surface area (Å²) in [5.41, 5.74) is 3.15. The van der Waals surface area contributed by atoms with E-state index in [1.165, 1.54) is 5.56 Å². The van der Waals surface area contributed by atoms with E-state index in [0.717, 1.165) is 29.6 Å².